The average Bonchev–Trinajstić information content (AvgIpc) is 2.46. The number of carboxylic acid groups (broad SMARTS) is 1. The minimum Gasteiger partial charge on any atom is -0.478 e. The van der Waals surface area contributed by atoms with Gasteiger partial charge in [0, 0.05) is 14.2 Å². The van der Waals surface area contributed by atoms with Crippen molar-refractivity contribution in [2.45, 2.75) is 19.0 Å². The van der Waals surface area contributed by atoms with E-state index >= 15 is 0 Å². The Hall–Kier alpha value is 0.110. The highest BCUT2D eigenvalue weighted by Gasteiger charge is 2.40. The predicted molar refractivity (Wildman–Crippen MR) is 116 cm³/mol. The number of likely N-dealkylation sites (N-methyl/N-ethyl adjacent to an activating group) is 1. The molecular formula is C14H18I3N3O3. The molecule has 0 aliphatic heterocycles. The molecule has 0 heterocycles. The molecule has 1 aromatic carbocycles. The number of carbonyl (C=O) groups excluding carboxylic acids is 1. The Labute approximate surface area is 176 Å². The van der Waals surface area contributed by atoms with E-state index in [-0.39, 0.29) is 5.91 Å². The van der Waals surface area contributed by atoms with Crippen LogP contribution in [0.5, 0.6) is 0 Å². The smallest absolute Gasteiger partial charge is 0.344 e. The SMILES string of the molecule is CCC(Nc1c(I)cc(I)c(C(=O)NC)c1I)(C(=O)O)N(C)C. The van der Waals surface area contributed by atoms with Crippen LogP contribution < -0.4 is 10.6 Å². The van der Waals surface area contributed by atoms with Gasteiger partial charge in [-0.15, -0.1) is 0 Å². The topological polar surface area (TPSA) is 81.7 Å². The van der Waals surface area contributed by atoms with E-state index in [0.717, 1.165) is 7.14 Å². The summed E-state index contributed by atoms with van der Waals surface area (Å²) in [7, 11) is 5.01. The molecule has 0 aliphatic carbocycles. The second-order valence-corrected chi connectivity index (χ2v) is 8.42. The van der Waals surface area contributed by atoms with Gasteiger partial charge in [-0.2, -0.15) is 0 Å². The van der Waals surface area contributed by atoms with Crippen molar-refractivity contribution in [1.82, 2.24) is 10.2 Å². The van der Waals surface area contributed by atoms with Crippen LogP contribution in [0.15, 0.2) is 6.07 Å². The fourth-order valence-corrected chi connectivity index (χ4v) is 6.29. The van der Waals surface area contributed by atoms with Crippen molar-refractivity contribution in [3.8, 4) is 0 Å². The van der Waals surface area contributed by atoms with Gasteiger partial charge in [-0.25, -0.2) is 4.79 Å². The van der Waals surface area contributed by atoms with Crippen molar-refractivity contribution < 1.29 is 14.7 Å². The number of benzene rings is 1. The third-order valence-corrected chi connectivity index (χ3v) is 6.37. The lowest BCUT2D eigenvalue weighted by atomic mass is 10.0. The molecule has 0 saturated heterocycles. The molecule has 128 valence electrons. The molecule has 0 bridgehead atoms. The number of halogens is 3. The monoisotopic (exact) mass is 657 g/mol. The molecule has 0 aromatic heterocycles. The van der Waals surface area contributed by atoms with Gasteiger partial charge in [-0.1, -0.05) is 6.92 Å². The van der Waals surface area contributed by atoms with Gasteiger partial charge in [0.15, 0.2) is 5.66 Å². The summed E-state index contributed by atoms with van der Waals surface area (Å²) in [6.07, 6.45) is 0.364. The summed E-state index contributed by atoms with van der Waals surface area (Å²) in [5, 5.41) is 15.5. The standard InChI is InChI=1S/C14H18I3N3O3/c1-5-14(13(22)23,20(3)4)19-11-8(16)6-7(15)9(10(11)17)12(21)18-2/h6,19H,5H2,1-4H3,(H,18,21)(H,22,23). The van der Waals surface area contributed by atoms with Crippen LogP contribution in [0.3, 0.4) is 0 Å². The summed E-state index contributed by atoms with van der Waals surface area (Å²) in [5.41, 5.74) is -0.0407. The number of carboxylic acids is 1. The highest BCUT2D eigenvalue weighted by molar-refractivity contribution is 14.1. The van der Waals surface area contributed by atoms with Gasteiger partial charge in [-0.3, -0.25) is 9.69 Å². The van der Waals surface area contributed by atoms with Crippen LogP contribution in [0.2, 0.25) is 0 Å². The van der Waals surface area contributed by atoms with Gasteiger partial charge < -0.3 is 15.7 Å². The molecule has 23 heavy (non-hydrogen) atoms. The number of nitrogens with one attached hydrogen (secondary N) is 2. The number of nitrogens with zero attached hydrogens (tertiary/aromatic N) is 1. The largest absolute Gasteiger partial charge is 0.478 e. The summed E-state index contributed by atoms with van der Waals surface area (Å²) in [6, 6.07) is 1.87. The van der Waals surface area contributed by atoms with Crippen molar-refractivity contribution in [2.75, 3.05) is 26.5 Å². The molecule has 1 atom stereocenters. The van der Waals surface area contributed by atoms with Crippen LogP contribution in [0.1, 0.15) is 23.7 Å². The van der Waals surface area contributed by atoms with Crippen LogP contribution >= 0.6 is 67.8 Å². The highest BCUT2D eigenvalue weighted by Crippen LogP contribution is 2.34. The van der Waals surface area contributed by atoms with E-state index < -0.39 is 11.6 Å². The first-order valence-electron chi connectivity index (χ1n) is 6.70. The van der Waals surface area contributed by atoms with Crippen molar-refractivity contribution >= 4 is 85.3 Å². The Kier molecular flexibility index (Phi) is 7.79. The minimum absolute atomic E-state index is 0.194. The average molecular weight is 657 g/mol. The maximum Gasteiger partial charge on any atom is 0.344 e. The van der Waals surface area contributed by atoms with Gasteiger partial charge in [0.25, 0.3) is 5.91 Å². The lowest BCUT2D eigenvalue weighted by Crippen LogP contribution is -2.57. The first-order chi connectivity index (χ1) is 10.6. The third-order valence-electron chi connectivity index (χ3n) is 3.58. The Morgan fingerprint density at radius 1 is 1.26 bits per heavy atom. The van der Waals surface area contributed by atoms with E-state index in [1.165, 1.54) is 0 Å². The fourth-order valence-electron chi connectivity index (χ4n) is 2.16. The number of amides is 1. The second-order valence-electron chi connectivity index (χ2n) is 5.02. The summed E-state index contributed by atoms with van der Waals surface area (Å²) < 4.78 is 2.40. The molecule has 0 radical (unpaired) electrons. The number of hydrogen-bond acceptors (Lipinski definition) is 4. The Bertz CT molecular complexity index is 637. The van der Waals surface area contributed by atoms with Crippen LogP contribution in [0.4, 0.5) is 5.69 Å². The molecule has 1 rings (SSSR count). The van der Waals surface area contributed by atoms with Gasteiger partial charge in [0.2, 0.25) is 0 Å². The fraction of sp³-hybridized carbons (Fsp3) is 0.429. The second kappa shape index (κ2) is 8.47. The molecule has 0 fully saturated rings. The van der Waals surface area contributed by atoms with E-state index in [9.17, 15) is 14.7 Å². The van der Waals surface area contributed by atoms with Crippen molar-refractivity contribution in [3.63, 3.8) is 0 Å². The predicted octanol–water partition coefficient (Wildman–Crippen LogP) is 3.02. The third kappa shape index (κ3) is 4.21. The zero-order valence-corrected chi connectivity index (χ0v) is 19.6. The Morgan fingerprint density at radius 3 is 2.22 bits per heavy atom. The maximum atomic E-state index is 12.1. The van der Waals surface area contributed by atoms with Crippen LogP contribution in [-0.4, -0.2) is 48.7 Å². The minimum atomic E-state index is -1.24. The maximum absolute atomic E-state index is 12.1. The van der Waals surface area contributed by atoms with Crippen LogP contribution in [0.25, 0.3) is 0 Å². The van der Waals surface area contributed by atoms with Gasteiger partial charge in [0.05, 0.1) is 14.8 Å². The number of rotatable bonds is 6. The molecule has 1 amide bonds. The molecule has 1 unspecified atom stereocenters. The molecule has 3 N–H and O–H groups in total. The van der Waals surface area contributed by atoms with Crippen LogP contribution in [0, 0.1) is 10.7 Å². The Morgan fingerprint density at radius 2 is 1.83 bits per heavy atom. The summed E-state index contributed by atoms with van der Waals surface area (Å²) in [4.78, 5) is 25.7. The normalized spacial score (nSPS) is 13.6. The van der Waals surface area contributed by atoms with Crippen molar-refractivity contribution in [1.29, 1.82) is 0 Å². The number of anilines is 1. The van der Waals surface area contributed by atoms with Gasteiger partial charge in [0.1, 0.15) is 0 Å². The van der Waals surface area contributed by atoms with Gasteiger partial charge in [-0.05, 0) is 94.4 Å². The molecule has 9 heteroatoms. The van der Waals surface area contributed by atoms with E-state index in [1.54, 1.807) is 26.0 Å². The van der Waals surface area contributed by atoms with E-state index in [2.05, 4.69) is 78.4 Å². The molecule has 1 aromatic rings. The summed E-state index contributed by atoms with van der Waals surface area (Å²) in [6.45, 7) is 1.81. The van der Waals surface area contributed by atoms with Crippen LogP contribution in [-0.2, 0) is 4.79 Å². The van der Waals surface area contributed by atoms with E-state index in [1.807, 2.05) is 13.0 Å². The highest BCUT2D eigenvalue weighted by atomic mass is 127. The lowest BCUT2D eigenvalue weighted by molar-refractivity contribution is -0.148. The molecule has 0 aliphatic rings. The molecule has 0 spiro atoms. The summed E-state index contributed by atoms with van der Waals surface area (Å²) >= 11 is 6.36. The van der Waals surface area contributed by atoms with Crippen molar-refractivity contribution in [3.05, 3.63) is 22.3 Å². The zero-order valence-electron chi connectivity index (χ0n) is 13.1. The first-order valence-corrected chi connectivity index (χ1v) is 9.94. The number of hydrogen-bond donors (Lipinski definition) is 3. The first kappa shape index (κ1) is 21.2. The lowest BCUT2D eigenvalue weighted by Gasteiger charge is -2.37. The van der Waals surface area contributed by atoms with Crippen molar-refractivity contribution in [2.24, 2.45) is 0 Å². The Balaban J connectivity index is 3.54. The molecular weight excluding hydrogens is 639 g/mol. The van der Waals surface area contributed by atoms with E-state index in [4.69, 9.17) is 0 Å². The van der Waals surface area contributed by atoms with E-state index in [0.29, 0.717) is 21.2 Å². The number of aliphatic carboxylic acids is 1. The van der Waals surface area contributed by atoms with Gasteiger partial charge >= 0.3 is 5.97 Å². The quantitative estimate of drug-likeness (QED) is 0.324. The number of carbonyl (C=O) groups is 2. The zero-order chi connectivity index (χ0) is 17.9. The molecule has 0 saturated carbocycles. The molecule has 6 nitrogen and oxygen atoms in total. The summed E-state index contributed by atoms with van der Waals surface area (Å²) in [5.74, 6) is -1.16.